The largest absolute Gasteiger partial charge is 0.491 e. The third-order valence-corrected chi connectivity index (χ3v) is 4.42. The van der Waals surface area contributed by atoms with Gasteiger partial charge in [0.25, 0.3) is 5.91 Å². The highest BCUT2D eigenvalue weighted by molar-refractivity contribution is 5.91. The van der Waals surface area contributed by atoms with Gasteiger partial charge in [0, 0.05) is 17.6 Å². The van der Waals surface area contributed by atoms with E-state index >= 15 is 0 Å². The lowest BCUT2D eigenvalue weighted by Crippen LogP contribution is -2.23. The van der Waals surface area contributed by atoms with Crippen molar-refractivity contribution in [3.05, 3.63) is 71.3 Å². The van der Waals surface area contributed by atoms with Crippen molar-refractivity contribution in [1.29, 1.82) is 0 Å². The molecule has 2 aromatic carbocycles. The maximum Gasteiger partial charge on any atom is 0.412 e. The number of carbonyl (C=O) groups is 2. The molecule has 0 saturated heterocycles. The Labute approximate surface area is 183 Å². The topological polar surface area (TPSA) is 117 Å². The molecule has 0 radical (unpaired) electrons. The van der Waals surface area contributed by atoms with Gasteiger partial charge in [0.2, 0.25) is 0 Å². The van der Waals surface area contributed by atoms with E-state index in [9.17, 15) is 18.4 Å². The number of anilines is 1. The highest BCUT2D eigenvalue weighted by atomic mass is 19.1. The van der Waals surface area contributed by atoms with Crippen molar-refractivity contribution < 1.29 is 38.2 Å². The fraction of sp³-hybridized carbons (Fsp3) is 0.273. The predicted molar refractivity (Wildman–Crippen MR) is 111 cm³/mol. The van der Waals surface area contributed by atoms with E-state index in [-0.39, 0.29) is 24.5 Å². The summed E-state index contributed by atoms with van der Waals surface area (Å²) in [5, 5.41) is 19.9. The molecule has 32 heavy (non-hydrogen) atoms. The van der Waals surface area contributed by atoms with Gasteiger partial charge in [-0.2, -0.15) is 0 Å². The molecule has 2 aromatic rings. The number of nitrogens with one attached hydrogen (secondary N) is 2. The van der Waals surface area contributed by atoms with Crippen molar-refractivity contribution in [3.8, 4) is 5.75 Å². The van der Waals surface area contributed by atoms with Gasteiger partial charge in [-0.05, 0) is 36.8 Å². The molecule has 0 fully saturated rings. The summed E-state index contributed by atoms with van der Waals surface area (Å²) in [4.78, 5) is 24.1. The molecular formula is C22H24F2N2O6. The fourth-order valence-electron chi connectivity index (χ4n) is 2.89. The Bertz CT molecular complexity index is 965. The zero-order valence-electron chi connectivity index (χ0n) is 17.5. The first-order valence-corrected chi connectivity index (χ1v) is 9.64. The Hall–Kier alpha value is -3.50. The van der Waals surface area contributed by atoms with E-state index in [1.54, 1.807) is 31.2 Å². The Kier molecular flexibility index (Phi) is 9.11. The van der Waals surface area contributed by atoms with E-state index < -0.39 is 35.7 Å². The minimum Gasteiger partial charge on any atom is -0.491 e. The number of hydroxylamine groups is 1. The second kappa shape index (κ2) is 11.8. The summed E-state index contributed by atoms with van der Waals surface area (Å²) in [6.07, 6.45) is -0.407. The Balaban J connectivity index is 2.26. The summed E-state index contributed by atoms with van der Waals surface area (Å²) in [6.45, 7) is 3.11. The Morgan fingerprint density at radius 3 is 2.44 bits per heavy atom. The van der Waals surface area contributed by atoms with Crippen LogP contribution in [0.5, 0.6) is 5.75 Å². The van der Waals surface area contributed by atoms with Crippen LogP contribution < -0.4 is 15.5 Å². The second-order valence-electron chi connectivity index (χ2n) is 6.87. The SMILES string of the molecule is C/C(=C\[C@@H](C)[C@H](OC(=O)Nc1ccc(F)cc1F)c1ccc(OCCO)cc1)C(=O)NO. The number of ether oxygens (including phenoxy) is 2. The monoisotopic (exact) mass is 450 g/mol. The number of carbonyl (C=O) groups excluding carboxylic acids is 2. The molecule has 0 aromatic heterocycles. The molecule has 2 rings (SSSR count). The Morgan fingerprint density at radius 2 is 1.84 bits per heavy atom. The minimum absolute atomic E-state index is 0.111. The molecule has 0 saturated carbocycles. The first-order chi connectivity index (χ1) is 15.2. The van der Waals surface area contributed by atoms with E-state index in [1.807, 2.05) is 0 Å². The van der Waals surface area contributed by atoms with Gasteiger partial charge in [0.15, 0.2) is 0 Å². The molecule has 2 atom stereocenters. The normalized spacial score (nSPS) is 13.1. The van der Waals surface area contributed by atoms with E-state index in [1.165, 1.54) is 18.5 Å². The standard InChI is InChI=1S/C22H24F2N2O6/c1-13(11-14(2)21(28)26-30)20(15-3-6-17(7-4-15)31-10-9-27)32-22(29)25-19-8-5-16(23)12-18(19)24/h3-8,11-13,20,27,30H,9-10H2,1-2H3,(H,25,29)(H,26,28)/b14-11+/t13-,20+/m1/s1. The van der Waals surface area contributed by atoms with Crippen LogP contribution in [0.1, 0.15) is 25.5 Å². The number of benzene rings is 2. The first-order valence-electron chi connectivity index (χ1n) is 9.64. The second-order valence-corrected chi connectivity index (χ2v) is 6.87. The molecule has 0 aliphatic rings. The van der Waals surface area contributed by atoms with Gasteiger partial charge >= 0.3 is 6.09 Å². The van der Waals surface area contributed by atoms with Crippen molar-refractivity contribution in [1.82, 2.24) is 5.48 Å². The van der Waals surface area contributed by atoms with Gasteiger partial charge in [-0.25, -0.2) is 19.1 Å². The summed E-state index contributed by atoms with van der Waals surface area (Å²) in [6, 6.07) is 9.17. The average molecular weight is 450 g/mol. The maximum atomic E-state index is 13.9. The number of aliphatic hydroxyl groups is 1. The third kappa shape index (κ3) is 7.03. The third-order valence-electron chi connectivity index (χ3n) is 4.42. The van der Waals surface area contributed by atoms with Crippen LogP contribution in [-0.4, -0.2) is 35.5 Å². The molecule has 172 valence electrons. The Morgan fingerprint density at radius 1 is 1.16 bits per heavy atom. The quantitative estimate of drug-likeness (QED) is 0.263. The number of hydrogen-bond donors (Lipinski definition) is 4. The summed E-state index contributed by atoms with van der Waals surface area (Å²) < 4.78 is 37.7. The lowest BCUT2D eigenvalue weighted by molar-refractivity contribution is -0.125. The van der Waals surface area contributed by atoms with Crippen molar-refractivity contribution in [2.24, 2.45) is 5.92 Å². The molecule has 0 heterocycles. The van der Waals surface area contributed by atoms with E-state index in [0.29, 0.717) is 17.4 Å². The van der Waals surface area contributed by atoms with Gasteiger partial charge in [-0.15, -0.1) is 0 Å². The zero-order valence-corrected chi connectivity index (χ0v) is 17.5. The van der Waals surface area contributed by atoms with Crippen LogP contribution in [0.15, 0.2) is 54.1 Å². The fourth-order valence-corrected chi connectivity index (χ4v) is 2.89. The summed E-state index contributed by atoms with van der Waals surface area (Å²) >= 11 is 0. The average Bonchev–Trinajstić information content (AvgIpc) is 2.77. The molecule has 0 aliphatic heterocycles. The lowest BCUT2D eigenvalue weighted by Gasteiger charge is -2.23. The number of aliphatic hydroxyl groups excluding tert-OH is 1. The molecule has 0 aliphatic carbocycles. The summed E-state index contributed by atoms with van der Waals surface area (Å²) in [5.41, 5.74) is 1.98. The smallest absolute Gasteiger partial charge is 0.412 e. The maximum absolute atomic E-state index is 13.9. The lowest BCUT2D eigenvalue weighted by atomic mass is 9.95. The van der Waals surface area contributed by atoms with Crippen molar-refractivity contribution in [2.45, 2.75) is 20.0 Å². The molecule has 0 spiro atoms. The van der Waals surface area contributed by atoms with Gasteiger partial charge in [-0.3, -0.25) is 15.3 Å². The molecule has 2 amide bonds. The number of amides is 2. The van der Waals surface area contributed by atoms with Crippen LogP contribution in [0, 0.1) is 17.6 Å². The predicted octanol–water partition coefficient (Wildman–Crippen LogP) is 3.71. The van der Waals surface area contributed by atoms with E-state index in [4.69, 9.17) is 19.8 Å². The minimum atomic E-state index is -0.995. The van der Waals surface area contributed by atoms with Crippen LogP contribution >= 0.6 is 0 Å². The van der Waals surface area contributed by atoms with Crippen LogP contribution in [0.25, 0.3) is 0 Å². The van der Waals surface area contributed by atoms with Gasteiger partial charge in [0.1, 0.15) is 30.1 Å². The molecule has 4 N–H and O–H groups in total. The summed E-state index contributed by atoms with van der Waals surface area (Å²) in [7, 11) is 0. The van der Waals surface area contributed by atoms with Crippen LogP contribution in [0.3, 0.4) is 0 Å². The number of halogens is 2. The molecule has 8 nitrogen and oxygen atoms in total. The van der Waals surface area contributed by atoms with E-state index in [0.717, 1.165) is 12.1 Å². The molecular weight excluding hydrogens is 426 g/mol. The molecule has 10 heteroatoms. The molecule has 0 unspecified atom stereocenters. The van der Waals surface area contributed by atoms with E-state index in [2.05, 4.69) is 5.32 Å². The highest BCUT2D eigenvalue weighted by Crippen LogP contribution is 2.30. The van der Waals surface area contributed by atoms with Gasteiger partial charge in [0.05, 0.1) is 12.3 Å². The number of rotatable bonds is 9. The number of hydrogen-bond acceptors (Lipinski definition) is 6. The van der Waals surface area contributed by atoms with Crippen molar-refractivity contribution in [3.63, 3.8) is 0 Å². The first kappa shape index (κ1) is 24.8. The molecule has 0 bridgehead atoms. The van der Waals surface area contributed by atoms with Gasteiger partial charge < -0.3 is 14.6 Å². The van der Waals surface area contributed by atoms with Crippen LogP contribution in [-0.2, 0) is 9.53 Å². The van der Waals surface area contributed by atoms with Crippen LogP contribution in [0.2, 0.25) is 0 Å². The van der Waals surface area contributed by atoms with Crippen molar-refractivity contribution in [2.75, 3.05) is 18.5 Å². The van der Waals surface area contributed by atoms with Gasteiger partial charge in [-0.1, -0.05) is 25.1 Å². The highest BCUT2D eigenvalue weighted by Gasteiger charge is 2.24. The zero-order chi connectivity index (χ0) is 23.7. The summed E-state index contributed by atoms with van der Waals surface area (Å²) in [5.74, 6) is -2.54. The van der Waals surface area contributed by atoms with Crippen LogP contribution in [0.4, 0.5) is 19.3 Å². The van der Waals surface area contributed by atoms with Crippen molar-refractivity contribution >= 4 is 17.7 Å².